The number of aliphatic hydroxyl groups excluding tert-OH is 1. The Hall–Kier alpha value is -1.34. The molecule has 0 saturated carbocycles. The molecule has 7 heteroatoms. The number of aliphatic hydroxyl groups is 1. The number of carboxylic acid groups (broad SMARTS) is 1. The van der Waals surface area contributed by atoms with Crippen molar-refractivity contribution in [3.05, 3.63) is 0 Å². The Morgan fingerprint density at radius 2 is 1.95 bits per heavy atom. The van der Waals surface area contributed by atoms with E-state index in [4.69, 9.17) is 9.84 Å². The molecule has 0 aromatic heterocycles. The summed E-state index contributed by atoms with van der Waals surface area (Å²) in [6, 6.07) is -0.590. The molecule has 122 valence electrons. The van der Waals surface area contributed by atoms with E-state index in [0.717, 1.165) is 6.42 Å². The molecule has 1 saturated heterocycles. The highest BCUT2D eigenvalue weighted by molar-refractivity contribution is 5.77. The van der Waals surface area contributed by atoms with Crippen molar-refractivity contribution < 1.29 is 24.5 Å². The largest absolute Gasteiger partial charge is 0.481 e. The van der Waals surface area contributed by atoms with E-state index in [2.05, 4.69) is 0 Å². The van der Waals surface area contributed by atoms with Gasteiger partial charge >= 0.3 is 12.0 Å². The molecule has 1 fully saturated rings. The Bertz CT molecular complexity index is 350. The van der Waals surface area contributed by atoms with Crippen LogP contribution >= 0.6 is 0 Å². The van der Waals surface area contributed by atoms with Gasteiger partial charge in [0.25, 0.3) is 0 Å². The molecular weight excluding hydrogens is 276 g/mol. The lowest BCUT2D eigenvalue weighted by Gasteiger charge is -2.35. The van der Waals surface area contributed by atoms with E-state index in [0.29, 0.717) is 26.1 Å². The first-order valence-electron chi connectivity index (χ1n) is 7.53. The van der Waals surface area contributed by atoms with Gasteiger partial charge in [-0.15, -0.1) is 0 Å². The van der Waals surface area contributed by atoms with Gasteiger partial charge in [0.15, 0.2) is 0 Å². The van der Waals surface area contributed by atoms with E-state index in [-0.39, 0.29) is 25.9 Å². The van der Waals surface area contributed by atoms with Crippen molar-refractivity contribution >= 4 is 12.0 Å². The van der Waals surface area contributed by atoms with Crippen LogP contribution in [0.2, 0.25) is 0 Å². The van der Waals surface area contributed by atoms with E-state index >= 15 is 0 Å². The smallest absolute Gasteiger partial charge is 0.320 e. The van der Waals surface area contributed by atoms with Crippen LogP contribution in [-0.2, 0) is 9.53 Å². The van der Waals surface area contributed by atoms with Gasteiger partial charge in [-0.2, -0.15) is 0 Å². The number of hydrogen-bond acceptors (Lipinski definition) is 4. The number of hydrogen-bond donors (Lipinski definition) is 2. The lowest BCUT2D eigenvalue weighted by molar-refractivity contribution is -0.142. The van der Waals surface area contributed by atoms with Crippen LogP contribution in [-0.4, -0.2) is 77.5 Å². The van der Waals surface area contributed by atoms with E-state index in [9.17, 15) is 14.7 Å². The summed E-state index contributed by atoms with van der Waals surface area (Å²) in [6.07, 6.45) is 1.27. The standard InChI is InChI=1S/C14H26N2O5/c1-3-6-16(12-10-21-9-11(12)13(18)19)14(20)15(4-2)7-5-8-17/h11-12,17H,3-10H2,1-2H3,(H,18,19). The molecule has 0 aromatic carbocycles. The normalized spacial score (nSPS) is 21.3. The molecule has 0 spiro atoms. The second-order valence-corrected chi connectivity index (χ2v) is 5.18. The molecule has 7 nitrogen and oxygen atoms in total. The number of amides is 2. The minimum absolute atomic E-state index is 0.0296. The number of nitrogens with zero attached hydrogens (tertiary/aromatic N) is 2. The van der Waals surface area contributed by atoms with Crippen LogP contribution in [0, 0.1) is 5.92 Å². The highest BCUT2D eigenvalue weighted by atomic mass is 16.5. The maximum atomic E-state index is 12.6. The molecule has 0 aliphatic carbocycles. The molecule has 2 unspecified atom stereocenters. The third-order valence-corrected chi connectivity index (χ3v) is 3.72. The van der Waals surface area contributed by atoms with Crippen molar-refractivity contribution in [2.45, 2.75) is 32.7 Å². The first-order chi connectivity index (χ1) is 10.1. The number of rotatable bonds is 8. The average Bonchev–Trinajstić information content (AvgIpc) is 2.94. The SMILES string of the molecule is CCCN(C(=O)N(CC)CCCO)C1COCC1C(=O)O. The molecule has 0 bridgehead atoms. The van der Waals surface area contributed by atoms with Gasteiger partial charge < -0.3 is 24.7 Å². The molecule has 2 amide bonds. The van der Waals surface area contributed by atoms with Crippen LogP contribution in [0.25, 0.3) is 0 Å². The highest BCUT2D eigenvalue weighted by Crippen LogP contribution is 2.22. The molecule has 2 N–H and O–H groups in total. The van der Waals surface area contributed by atoms with Gasteiger partial charge in [0.1, 0.15) is 5.92 Å². The topological polar surface area (TPSA) is 90.3 Å². The Labute approximate surface area is 125 Å². The number of carbonyl (C=O) groups excluding carboxylic acids is 1. The van der Waals surface area contributed by atoms with Crippen LogP contribution in [0.5, 0.6) is 0 Å². The zero-order valence-electron chi connectivity index (χ0n) is 12.8. The second kappa shape index (κ2) is 8.84. The van der Waals surface area contributed by atoms with Gasteiger partial charge in [0.05, 0.1) is 19.3 Å². The Morgan fingerprint density at radius 1 is 1.24 bits per heavy atom. The summed E-state index contributed by atoms with van der Waals surface area (Å²) < 4.78 is 5.27. The number of aliphatic carboxylic acids is 1. The molecule has 0 radical (unpaired) electrons. The lowest BCUT2D eigenvalue weighted by Crippen LogP contribution is -2.52. The maximum absolute atomic E-state index is 12.6. The number of ether oxygens (including phenoxy) is 1. The molecular formula is C14H26N2O5. The highest BCUT2D eigenvalue weighted by Gasteiger charge is 2.40. The number of urea groups is 1. The summed E-state index contributed by atoms with van der Waals surface area (Å²) in [6.45, 7) is 5.78. The van der Waals surface area contributed by atoms with Gasteiger partial charge in [0.2, 0.25) is 0 Å². The molecule has 1 rings (SSSR count). The van der Waals surface area contributed by atoms with Gasteiger partial charge in [0, 0.05) is 26.2 Å². The van der Waals surface area contributed by atoms with E-state index in [1.165, 1.54) is 0 Å². The van der Waals surface area contributed by atoms with E-state index in [1.54, 1.807) is 9.80 Å². The van der Waals surface area contributed by atoms with Crippen LogP contribution in [0.4, 0.5) is 4.79 Å². The summed E-state index contributed by atoms with van der Waals surface area (Å²) in [4.78, 5) is 27.2. The minimum atomic E-state index is -0.926. The zero-order chi connectivity index (χ0) is 15.8. The summed E-state index contributed by atoms with van der Waals surface area (Å²) in [5.41, 5.74) is 0. The van der Waals surface area contributed by atoms with Crippen molar-refractivity contribution in [3.8, 4) is 0 Å². The summed E-state index contributed by atoms with van der Waals surface area (Å²) in [5.74, 6) is -1.60. The van der Waals surface area contributed by atoms with Crippen LogP contribution in [0.15, 0.2) is 0 Å². The zero-order valence-corrected chi connectivity index (χ0v) is 12.8. The van der Waals surface area contributed by atoms with Crippen molar-refractivity contribution in [3.63, 3.8) is 0 Å². The summed E-state index contributed by atoms with van der Waals surface area (Å²) >= 11 is 0. The third kappa shape index (κ3) is 4.57. The molecule has 0 aromatic rings. The summed E-state index contributed by atoms with van der Waals surface area (Å²) in [7, 11) is 0. The summed E-state index contributed by atoms with van der Waals surface area (Å²) in [5, 5.41) is 18.2. The van der Waals surface area contributed by atoms with Crippen LogP contribution in [0.1, 0.15) is 26.7 Å². The average molecular weight is 302 g/mol. The van der Waals surface area contributed by atoms with E-state index in [1.807, 2.05) is 13.8 Å². The first-order valence-corrected chi connectivity index (χ1v) is 7.53. The quantitative estimate of drug-likeness (QED) is 0.686. The lowest BCUT2D eigenvalue weighted by atomic mass is 10.0. The fourth-order valence-corrected chi connectivity index (χ4v) is 2.56. The molecule has 1 aliphatic rings. The van der Waals surface area contributed by atoms with Crippen LogP contribution in [0.3, 0.4) is 0 Å². The fourth-order valence-electron chi connectivity index (χ4n) is 2.56. The van der Waals surface area contributed by atoms with Gasteiger partial charge in [-0.1, -0.05) is 6.92 Å². The third-order valence-electron chi connectivity index (χ3n) is 3.72. The first kappa shape index (κ1) is 17.7. The fraction of sp³-hybridized carbons (Fsp3) is 0.857. The van der Waals surface area contributed by atoms with E-state index < -0.39 is 17.9 Å². The molecule has 2 atom stereocenters. The number of carbonyl (C=O) groups is 2. The maximum Gasteiger partial charge on any atom is 0.320 e. The second-order valence-electron chi connectivity index (χ2n) is 5.18. The van der Waals surface area contributed by atoms with Crippen molar-refractivity contribution in [1.82, 2.24) is 9.80 Å². The monoisotopic (exact) mass is 302 g/mol. The van der Waals surface area contributed by atoms with Crippen molar-refractivity contribution in [2.75, 3.05) is 39.5 Å². The Morgan fingerprint density at radius 3 is 2.48 bits per heavy atom. The van der Waals surface area contributed by atoms with Crippen molar-refractivity contribution in [1.29, 1.82) is 0 Å². The van der Waals surface area contributed by atoms with Gasteiger partial charge in [-0.25, -0.2) is 4.79 Å². The van der Waals surface area contributed by atoms with Crippen LogP contribution < -0.4 is 0 Å². The molecule has 1 heterocycles. The predicted octanol–water partition coefficient (Wildman–Crippen LogP) is 0.622. The molecule has 21 heavy (non-hydrogen) atoms. The van der Waals surface area contributed by atoms with Crippen molar-refractivity contribution in [2.24, 2.45) is 5.92 Å². The Balaban J connectivity index is 2.83. The van der Waals surface area contributed by atoms with Gasteiger partial charge in [-0.05, 0) is 19.8 Å². The molecule has 1 aliphatic heterocycles. The Kier molecular flexibility index (Phi) is 7.45. The number of carboxylic acids is 1. The minimum Gasteiger partial charge on any atom is -0.481 e. The van der Waals surface area contributed by atoms with Gasteiger partial charge in [-0.3, -0.25) is 4.79 Å². The predicted molar refractivity (Wildman–Crippen MR) is 77.1 cm³/mol.